The zero-order valence-electron chi connectivity index (χ0n) is 20.2. The zero-order valence-corrected chi connectivity index (χ0v) is 21.0. The molecule has 8 nitrogen and oxygen atoms in total. The fourth-order valence-corrected chi connectivity index (χ4v) is 4.08. The van der Waals surface area contributed by atoms with Crippen LogP contribution in [0.25, 0.3) is 16.2 Å². The predicted octanol–water partition coefficient (Wildman–Crippen LogP) is 3.34. The Morgan fingerprint density at radius 3 is 2.44 bits per heavy atom. The molecule has 0 aliphatic rings. The maximum Gasteiger partial charge on any atom is 0.239 e. The van der Waals surface area contributed by atoms with Crippen molar-refractivity contribution in [3.63, 3.8) is 0 Å². The molecular formula is C23H35N7OS. The number of carbonyl (C=O) groups is 1. The van der Waals surface area contributed by atoms with Crippen LogP contribution in [0, 0.1) is 0 Å². The van der Waals surface area contributed by atoms with Crippen molar-refractivity contribution in [3.05, 3.63) is 29.8 Å². The SMILES string of the molecule is CCc1ccc(-c2nc3sc(N(C)CC(=O)NCCN(C)C)nn3c2NC(C)(C)C)cc1. The molecule has 0 unspecified atom stereocenters. The van der Waals surface area contributed by atoms with Gasteiger partial charge in [-0.05, 0) is 46.9 Å². The molecule has 1 aromatic carbocycles. The van der Waals surface area contributed by atoms with Crippen LogP contribution in [0.1, 0.15) is 33.3 Å². The lowest BCUT2D eigenvalue weighted by atomic mass is 10.1. The highest BCUT2D eigenvalue weighted by Crippen LogP contribution is 2.34. The van der Waals surface area contributed by atoms with Crippen LogP contribution in [0.3, 0.4) is 0 Å². The molecule has 0 saturated carbocycles. The number of carbonyl (C=O) groups excluding carboxylic acids is 1. The number of hydrogen-bond acceptors (Lipinski definition) is 7. The summed E-state index contributed by atoms with van der Waals surface area (Å²) >= 11 is 1.48. The smallest absolute Gasteiger partial charge is 0.239 e. The topological polar surface area (TPSA) is 77.8 Å². The van der Waals surface area contributed by atoms with Crippen molar-refractivity contribution in [2.75, 3.05) is 51.0 Å². The minimum absolute atomic E-state index is 0.0214. The van der Waals surface area contributed by atoms with Gasteiger partial charge in [-0.2, -0.15) is 4.52 Å². The van der Waals surface area contributed by atoms with Gasteiger partial charge in [0.25, 0.3) is 0 Å². The molecular weight excluding hydrogens is 422 g/mol. The Kier molecular flexibility index (Phi) is 7.40. The summed E-state index contributed by atoms with van der Waals surface area (Å²) in [4.78, 5) is 21.9. The van der Waals surface area contributed by atoms with Gasteiger partial charge in [0.2, 0.25) is 16.0 Å². The van der Waals surface area contributed by atoms with Crippen LogP contribution in [-0.4, -0.2) is 71.7 Å². The van der Waals surface area contributed by atoms with Crippen molar-refractivity contribution >= 4 is 33.2 Å². The van der Waals surface area contributed by atoms with E-state index in [1.807, 2.05) is 35.5 Å². The minimum atomic E-state index is -0.157. The maximum atomic E-state index is 12.3. The molecule has 0 aliphatic heterocycles. The first-order valence-electron chi connectivity index (χ1n) is 11.0. The number of anilines is 2. The van der Waals surface area contributed by atoms with E-state index in [0.717, 1.165) is 40.1 Å². The quantitative estimate of drug-likeness (QED) is 0.513. The van der Waals surface area contributed by atoms with E-state index < -0.39 is 0 Å². The molecule has 0 bridgehead atoms. The second-order valence-electron chi connectivity index (χ2n) is 9.32. The van der Waals surface area contributed by atoms with Crippen molar-refractivity contribution in [1.82, 2.24) is 24.8 Å². The number of likely N-dealkylation sites (N-methyl/N-ethyl adjacent to an activating group) is 2. The Hall–Kier alpha value is -2.65. The maximum absolute atomic E-state index is 12.3. The zero-order chi connectivity index (χ0) is 23.5. The number of fused-ring (bicyclic) bond motifs is 1. The van der Waals surface area contributed by atoms with E-state index in [1.165, 1.54) is 16.9 Å². The highest BCUT2D eigenvalue weighted by atomic mass is 32.1. The summed E-state index contributed by atoms with van der Waals surface area (Å²) < 4.78 is 1.86. The van der Waals surface area contributed by atoms with Gasteiger partial charge < -0.3 is 20.4 Å². The first-order valence-corrected chi connectivity index (χ1v) is 11.8. The van der Waals surface area contributed by atoms with Crippen LogP contribution in [0.4, 0.5) is 10.9 Å². The van der Waals surface area contributed by atoms with Gasteiger partial charge in [-0.25, -0.2) is 4.98 Å². The number of nitrogens with zero attached hydrogens (tertiary/aromatic N) is 5. The van der Waals surface area contributed by atoms with Crippen LogP contribution >= 0.6 is 11.3 Å². The molecule has 9 heteroatoms. The molecule has 32 heavy (non-hydrogen) atoms. The summed E-state index contributed by atoms with van der Waals surface area (Å²) in [6.07, 6.45) is 1.01. The summed E-state index contributed by atoms with van der Waals surface area (Å²) in [6.45, 7) is 10.2. The number of aryl methyl sites for hydroxylation is 1. The number of aromatic nitrogens is 3. The van der Waals surface area contributed by atoms with Crippen LogP contribution < -0.4 is 15.5 Å². The highest BCUT2D eigenvalue weighted by molar-refractivity contribution is 7.20. The van der Waals surface area contributed by atoms with Gasteiger partial charge in [-0.15, -0.1) is 5.10 Å². The summed E-state index contributed by atoms with van der Waals surface area (Å²) in [6, 6.07) is 8.52. The molecule has 2 N–H and O–H groups in total. The van der Waals surface area contributed by atoms with Gasteiger partial charge in [0.1, 0.15) is 5.69 Å². The van der Waals surface area contributed by atoms with Gasteiger partial charge in [-0.3, -0.25) is 4.79 Å². The van der Waals surface area contributed by atoms with E-state index in [2.05, 4.69) is 62.6 Å². The normalized spacial score (nSPS) is 11.9. The van der Waals surface area contributed by atoms with Crippen LogP contribution in [0.15, 0.2) is 24.3 Å². The minimum Gasteiger partial charge on any atom is -0.364 e. The molecule has 0 saturated heterocycles. The molecule has 174 valence electrons. The van der Waals surface area contributed by atoms with Gasteiger partial charge in [0.05, 0.1) is 6.54 Å². The average Bonchev–Trinajstić information content (AvgIpc) is 3.26. The predicted molar refractivity (Wildman–Crippen MR) is 134 cm³/mol. The van der Waals surface area contributed by atoms with E-state index >= 15 is 0 Å². The van der Waals surface area contributed by atoms with Crippen LogP contribution in [0.2, 0.25) is 0 Å². The number of amides is 1. The summed E-state index contributed by atoms with van der Waals surface area (Å²) in [7, 11) is 5.85. The van der Waals surface area contributed by atoms with E-state index in [9.17, 15) is 4.79 Å². The average molecular weight is 458 g/mol. The first kappa shape index (κ1) is 24.0. The Balaban J connectivity index is 1.86. The summed E-state index contributed by atoms with van der Waals surface area (Å²) in [5.41, 5.74) is 3.08. The Morgan fingerprint density at radius 1 is 1.16 bits per heavy atom. The Morgan fingerprint density at radius 2 is 1.84 bits per heavy atom. The van der Waals surface area contributed by atoms with Gasteiger partial charge in [-0.1, -0.05) is 42.5 Å². The van der Waals surface area contributed by atoms with Crippen molar-refractivity contribution < 1.29 is 4.79 Å². The van der Waals surface area contributed by atoms with Gasteiger partial charge in [0.15, 0.2) is 5.82 Å². The monoisotopic (exact) mass is 457 g/mol. The van der Waals surface area contributed by atoms with E-state index in [0.29, 0.717) is 6.54 Å². The number of nitrogens with one attached hydrogen (secondary N) is 2. The summed E-state index contributed by atoms with van der Waals surface area (Å²) in [5.74, 6) is 0.843. The number of imidazole rings is 1. The molecule has 3 aromatic rings. The molecule has 0 atom stereocenters. The van der Waals surface area contributed by atoms with Crippen molar-refractivity contribution in [2.24, 2.45) is 0 Å². The second-order valence-corrected chi connectivity index (χ2v) is 10.3. The number of benzene rings is 1. The van der Waals surface area contributed by atoms with Gasteiger partial charge >= 0.3 is 0 Å². The Bertz CT molecular complexity index is 1050. The largest absolute Gasteiger partial charge is 0.364 e. The molecule has 2 heterocycles. The summed E-state index contributed by atoms with van der Waals surface area (Å²) in [5, 5.41) is 12.1. The van der Waals surface area contributed by atoms with Crippen LogP contribution in [0.5, 0.6) is 0 Å². The molecule has 0 aliphatic carbocycles. The van der Waals surface area contributed by atoms with E-state index in [-0.39, 0.29) is 18.0 Å². The van der Waals surface area contributed by atoms with Crippen molar-refractivity contribution in [1.29, 1.82) is 0 Å². The lowest BCUT2D eigenvalue weighted by Gasteiger charge is -2.22. The van der Waals surface area contributed by atoms with Gasteiger partial charge in [0, 0.05) is 31.2 Å². The fourth-order valence-electron chi connectivity index (χ4n) is 3.22. The third-order valence-electron chi connectivity index (χ3n) is 4.91. The molecule has 3 rings (SSSR count). The number of rotatable bonds is 9. The third kappa shape index (κ3) is 5.98. The lowest BCUT2D eigenvalue weighted by molar-refractivity contribution is -0.119. The first-order chi connectivity index (χ1) is 15.1. The standard InChI is InChI=1S/C23H35N7OS/c1-8-16-9-11-17(12-10-16)19-20(26-23(2,3)4)30-21(25-19)32-22(27-30)29(7)15-18(31)24-13-14-28(5)6/h9-12,26H,8,13-15H2,1-7H3,(H,24,31). The Labute approximate surface area is 194 Å². The van der Waals surface area contributed by atoms with Crippen LogP contribution in [-0.2, 0) is 11.2 Å². The number of hydrogen-bond donors (Lipinski definition) is 2. The molecule has 0 spiro atoms. The van der Waals surface area contributed by atoms with Crippen molar-refractivity contribution in [3.8, 4) is 11.3 Å². The van der Waals surface area contributed by atoms with E-state index in [4.69, 9.17) is 10.1 Å². The third-order valence-corrected chi connectivity index (χ3v) is 5.93. The van der Waals surface area contributed by atoms with Crippen molar-refractivity contribution in [2.45, 2.75) is 39.7 Å². The molecule has 0 fully saturated rings. The highest BCUT2D eigenvalue weighted by Gasteiger charge is 2.23. The fraction of sp³-hybridized carbons (Fsp3) is 0.522. The second kappa shape index (κ2) is 9.87. The molecule has 2 aromatic heterocycles. The molecule has 0 radical (unpaired) electrons. The lowest BCUT2D eigenvalue weighted by Crippen LogP contribution is -2.38. The van der Waals surface area contributed by atoms with E-state index in [1.54, 1.807) is 0 Å². The molecule has 1 amide bonds.